The van der Waals surface area contributed by atoms with Gasteiger partial charge in [0, 0.05) is 23.9 Å². The van der Waals surface area contributed by atoms with Crippen molar-refractivity contribution >= 4 is 22.4 Å². The Hall–Kier alpha value is -2.26. The quantitative estimate of drug-likeness (QED) is 0.939. The number of nitriles is 1. The SMILES string of the molecule is N#Cc1sc(NC(=O)C2CCCCC2)nc1-c1ccncc1. The normalized spacial score (nSPS) is 15.2. The standard InChI is InChI=1S/C16H16N4OS/c17-10-13-14(11-6-8-18-9-7-11)19-16(22-13)20-15(21)12-4-2-1-3-5-12/h6-9,12H,1-5H2,(H,19,20,21). The summed E-state index contributed by atoms with van der Waals surface area (Å²) in [5, 5.41) is 12.6. The van der Waals surface area contributed by atoms with Crippen LogP contribution in [-0.2, 0) is 4.79 Å². The number of anilines is 1. The van der Waals surface area contributed by atoms with Crippen molar-refractivity contribution in [3.63, 3.8) is 0 Å². The van der Waals surface area contributed by atoms with E-state index in [1.54, 1.807) is 12.4 Å². The van der Waals surface area contributed by atoms with Crippen molar-refractivity contribution in [1.82, 2.24) is 9.97 Å². The van der Waals surface area contributed by atoms with Gasteiger partial charge in [-0.2, -0.15) is 5.26 Å². The number of hydrogen-bond donors (Lipinski definition) is 1. The molecule has 22 heavy (non-hydrogen) atoms. The summed E-state index contributed by atoms with van der Waals surface area (Å²) in [7, 11) is 0. The molecule has 2 aromatic heterocycles. The molecule has 6 heteroatoms. The first-order chi connectivity index (χ1) is 10.8. The van der Waals surface area contributed by atoms with E-state index in [0.29, 0.717) is 15.7 Å². The first-order valence-corrected chi connectivity index (χ1v) is 8.22. The number of aromatic nitrogens is 2. The molecule has 1 N–H and O–H groups in total. The van der Waals surface area contributed by atoms with Gasteiger partial charge >= 0.3 is 0 Å². The van der Waals surface area contributed by atoms with Gasteiger partial charge in [0.1, 0.15) is 16.6 Å². The Kier molecular flexibility index (Phi) is 4.45. The van der Waals surface area contributed by atoms with Gasteiger partial charge in [0.15, 0.2) is 5.13 Å². The molecule has 1 aliphatic carbocycles. The van der Waals surface area contributed by atoms with E-state index in [2.05, 4.69) is 21.4 Å². The Morgan fingerprint density at radius 3 is 2.68 bits per heavy atom. The van der Waals surface area contributed by atoms with Gasteiger partial charge in [-0.25, -0.2) is 4.98 Å². The van der Waals surface area contributed by atoms with Crippen molar-refractivity contribution in [2.45, 2.75) is 32.1 Å². The molecule has 1 saturated carbocycles. The second kappa shape index (κ2) is 6.67. The van der Waals surface area contributed by atoms with Crippen LogP contribution in [-0.4, -0.2) is 15.9 Å². The minimum Gasteiger partial charge on any atom is -0.302 e. The van der Waals surface area contributed by atoms with E-state index < -0.39 is 0 Å². The molecule has 1 aliphatic rings. The predicted octanol–water partition coefficient (Wildman–Crippen LogP) is 3.60. The molecule has 0 bridgehead atoms. The van der Waals surface area contributed by atoms with Gasteiger partial charge in [0.25, 0.3) is 0 Å². The molecule has 0 saturated heterocycles. The van der Waals surface area contributed by atoms with Crippen LogP contribution >= 0.6 is 11.3 Å². The van der Waals surface area contributed by atoms with Crippen LogP contribution in [0.25, 0.3) is 11.3 Å². The zero-order valence-corrected chi connectivity index (χ0v) is 12.9. The number of rotatable bonds is 3. The second-order valence-corrected chi connectivity index (χ2v) is 6.37. The summed E-state index contributed by atoms with van der Waals surface area (Å²) in [4.78, 5) is 21.2. The van der Waals surface area contributed by atoms with E-state index in [0.717, 1.165) is 31.2 Å². The summed E-state index contributed by atoms with van der Waals surface area (Å²) >= 11 is 1.22. The average molecular weight is 312 g/mol. The van der Waals surface area contributed by atoms with Gasteiger partial charge in [-0.15, -0.1) is 0 Å². The Bertz CT molecular complexity index is 699. The summed E-state index contributed by atoms with van der Waals surface area (Å²) in [6.07, 6.45) is 8.65. The smallest absolute Gasteiger partial charge is 0.229 e. The highest BCUT2D eigenvalue weighted by Gasteiger charge is 2.23. The van der Waals surface area contributed by atoms with Crippen molar-refractivity contribution in [2.24, 2.45) is 5.92 Å². The van der Waals surface area contributed by atoms with Gasteiger partial charge in [0.05, 0.1) is 0 Å². The van der Waals surface area contributed by atoms with E-state index in [1.807, 2.05) is 12.1 Å². The maximum atomic E-state index is 12.3. The highest BCUT2D eigenvalue weighted by atomic mass is 32.1. The fourth-order valence-corrected chi connectivity index (χ4v) is 3.51. The highest BCUT2D eigenvalue weighted by molar-refractivity contribution is 7.16. The number of carbonyl (C=O) groups is 1. The largest absolute Gasteiger partial charge is 0.302 e. The second-order valence-electron chi connectivity index (χ2n) is 5.37. The molecular weight excluding hydrogens is 296 g/mol. The van der Waals surface area contributed by atoms with Crippen LogP contribution in [0.4, 0.5) is 5.13 Å². The highest BCUT2D eigenvalue weighted by Crippen LogP contribution is 2.31. The fourth-order valence-electron chi connectivity index (χ4n) is 2.73. The van der Waals surface area contributed by atoms with Crippen molar-refractivity contribution in [2.75, 3.05) is 5.32 Å². The van der Waals surface area contributed by atoms with Crippen LogP contribution in [0.3, 0.4) is 0 Å². The Morgan fingerprint density at radius 1 is 1.27 bits per heavy atom. The van der Waals surface area contributed by atoms with Crippen molar-refractivity contribution in [1.29, 1.82) is 5.26 Å². The lowest BCUT2D eigenvalue weighted by atomic mass is 9.89. The minimum absolute atomic E-state index is 0.0271. The van der Waals surface area contributed by atoms with Crippen LogP contribution in [0.15, 0.2) is 24.5 Å². The van der Waals surface area contributed by atoms with Crippen LogP contribution in [0.5, 0.6) is 0 Å². The molecule has 5 nitrogen and oxygen atoms in total. The lowest BCUT2D eigenvalue weighted by Crippen LogP contribution is -2.24. The van der Waals surface area contributed by atoms with Gasteiger partial charge in [0.2, 0.25) is 5.91 Å². The number of carbonyl (C=O) groups excluding carboxylic acids is 1. The third-order valence-electron chi connectivity index (χ3n) is 3.89. The van der Waals surface area contributed by atoms with E-state index in [4.69, 9.17) is 0 Å². The van der Waals surface area contributed by atoms with Crippen molar-refractivity contribution in [3.8, 4) is 17.3 Å². The molecule has 0 radical (unpaired) electrons. The molecule has 0 aliphatic heterocycles. The summed E-state index contributed by atoms with van der Waals surface area (Å²) in [5.41, 5.74) is 1.44. The summed E-state index contributed by atoms with van der Waals surface area (Å²) in [6.45, 7) is 0. The molecule has 112 valence electrons. The van der Waals surface area contributed by atoms with Crippen LogP contribution in [0.1, 0.15) is 37.0 Å². The lowest BCUT2D eigenvalue weighted by molar-refractivity contribution is -0.120. The zero-order valence-electron chi connectivity index (χ0n) is 12.1. The molecule has 0 spiro atoms. The maximum Gasteiger partial charge on any atom is 0.229 e. The zero-order chi connectivity index (χ0) is 15.4. The number of hydrogen-bond acceptors (Lipinski definition) is 5. The monoisotopic (exact) mass is 312 g/mol. The number of nitrogens with zero attached hydrogens (tertiary/aromatic N) is 3. The third-order valence-corrected chi connectivity index (χ3v) is 4.76. The van der Waals surface area contributed by atoms with E-state index >= 15 is 0 Å². The van der Waals surface area contributed by atoms with Gasteiger partial charge in [-0.05, 0) is 25.0 Å². The fraction of sp³-hybridized carbons (Fsp3) is 0.375. The van der Waals surface area contributed by atoms with Crippen LogP contribution < -0.4 is 5.32 Å². The summed E-state index contributed by atoms with van der Waals surface area (Å²) in [6, 6.07) is 5.77. The topological polar surface area (TPSA) is 78.7 Å². The number of nitrogens with one attached hydrogen (secondary N) is 1. The van der Waals surface area contributed by atoms with Crippen molar-refractivity contribution in [3.05, 3.63) is 29.4 Å². The Balaban J connectivity index is 1.79. The predicted molar refractivity (Wildman–Crippen MR) is 85.3 cm³/mol. The summed E-state index contributed by atoms with van der Waals surface area (Å²) < 4.78 is 0. The molecule has 3 rings (SSSR count). The molecule has 0 atom stereocenters. The molecule has 2 aromatic rings. The van der Waals surface area contributed by atoms with E-state index in [9.17, 15) is 10.1 Å². The maximum absolute atomic E-state index is 12.3. The molecule has 1 fully saturated rings. The van der Waals surface area contributed by atoms with Crippen molar-refractivity contribution < 1.29 is 4.79 Å². The first-order valence-electron chi connectivity index (χ1n) is 7.40. The molecule has 0 unspecified atom stereocenters. The van der Waals surface area contributed by atoms with Crippen LogP contribution in [0, 0.1) is 17.2 Å². The number of amides is 1. The Morgan fingerprint density at radius 2 is 2.00 bits per heavy atom. The third kappa shape index (κ3) is 3.15. The first kappa shape index (κ1) is 14.7. The molecule has 1 amide bonds. The Labute approximate surface area is 133 Å². The van der Waals surface area contributed by atoms with E-state index in [1.165, 1.54) is 17.8 Å². The van der Waals surface area contributed by atoms with Gasteiger partial charge in [-0.3, -0.25) is 9.78 Å². The van der Waals surface area contributed by atoms with E-state index in [-0.39, 0.29) is 11.8 Å². The number of pyridine rings is 1. The van der Waals surface area contributed by atoms with Gasteiger partial charge in [-0.1, -0.05) is 30.6 Å². The molecule has 0 aromatic carbocycles. The number of thiazole rings is 1. The molecular formula is C16H16N4OS. The van der Waals surface area contributed by atoms with Crippen LogP contribution in [0.2, 0.25) is 0 Å². The molecule has 2 heterocycles. The van der Waals surface area contributed by atoms with Gasteiger partial charge < -0.3 is 5.32 Å². The lowest BCUT2D eigenvalue weighted by Gasteiger charge is -2.19. The summed E-state index contributed by atoms with van der Waals surface area (Å²) in [5.74, 6) is 0.103. The average Bonchev–Trinajstić information content (AvgIpc) is 2.99. The minimum atomic E-state index is 0.0271.